The molecule has 0 aliphatic carbocycles. The van der Waals surface area contributed by atoms with Gasteiger partial charge in [-0.1, -0.05) is 30.1 Å². The molecule has 2 aromatic rings. The van der Waals surface area contributed by atoms with Gasteiger partial charge in [-0.15, -0.1) is 0 Å². The Morgan fingerprint density at radius 1 is 1.21 bits per heavy atom. The third kappa shape index (κ3) is 4.11. The van der Waals surface area contributed by atoms with Gasteiger partial charge in [0.25, 0.3) is 0 Å². The van der Waals surface area contributed by atoms with Gasteiger partial charge in [0.2, 0.25) is 0 Å². The van der Waals surface area contributed by atoms with Crippen molar-refractivity contribution in [2.75, 3.05) is 20.2 Å². The quantitative estimate of drug-likeness (QED) is 0.846. The van der Waals surface area contributed by atoms with E-state index in [0.29, 0.717) is 12.1 Å². The smallest absolute Gasteiger partial charge is 0.137 e. The standard InChI is InChI=1S/C23H33N3O2/c1-16-20(17(2)28-25-16)14-19-13-18(8-9-23(19)27-3)15-26-12-10-21-22(26)7-5-4-6-11-24-21/h8-9,13,21-22,24H,4-7,10-12,14-15H2,1-3H3/t21-,22+/m0/s1. The van der Waals surface area contributed by atoms with Crippen molar-refractivity contribution in [1.82, 2.24) is 15.4 Å². The third-order valence-electron chi connectivity index (χ3n) is 6.52. The van der Waals surface area contributed by atoms with Crippen LogP contribution in [-0.4, -0.2) is 42.3 Å². The molecule has 0 radical (unpaired) electrons. The molecule has 5 heteroatoms. The molecule has 2 saturated heterocycles. The summed E-state index contributed by atoms with van der Waals surface area (Å²) in [6.07, 6.45) is 7.43. The highest BCUT2D eigenvalue weighted by Crippen LogP contribution is 2.29. The van der Waals surface area contributed by atoms with E-state index in [2.05, 4.69) is 33.6 Å². The topological polar surface area (TPSA) is 50.5 Å². The lowest BCUT2D eigenvalue weighted by Gasteiger charge is -2.30. The summed E-state index contributed by atoms with van der Waals surface area (Å²) in [7, 11) is 1.75. The number of aryl methyl sites for hydroxylation is 2. The molecule has 1 aromatic heterocycles. The Morgan fingerprint density at radius 3 is 2.89 bits per heavy atom. The molecule has 1 N–H and O–H groups in total. The van der Waals surface area contributed by atoms with Crippen molar-refractivity contribution in [3.8, 4) is 5.75 Å². The number of hydrogen-bond donors (Lipinski definition) is 1. The SMILES string of the molecule is COc1ccc(CN2CC[C@@H]3NCCCCC[C@H]32)cc1Cc1c(C)noc1C. The van der Waals surface area contributed by atoms with Crippen LogP contribution in [0.3, 0.4) is 0 Å². The van der Waals surface area contributed by atoms with Gasteiger partial charge in [0.15, 0.2) is 0 Å². The Hall–Kier alpha value is -1.85. The molecular weight excluding hydrogens is 350 g/mol. The first-order valence-electron chi connectivity index (χ1n) is 10.7. The molecular formula is C23H33N3O2. The zero-order valence-corrected chi connectivity index (χ0v) is 17.5. The van der Waals surface area contributed by atoms with Crippen LogP contribution in [0.4, 0.5) is 0 Å². The van der Waals surface area contributed by atoms with Crippen LogP contribution in [0.25, 0.3) is 0 Å². The first kappa shape index (κ1) is 19.5. The van der Waals surface area contributed by atoms with Crippen LogP contribution in [0.15, 0.2) is 22.7 Å². The molecule has 0 spiro atoms. The van der Waals surface area contributed by atoms with Crippen molar-refractivity contribution in [2.45, 2.75) is 71.0 Å². The van der Waals surface area contributed by atoms with E-state index in [1.54, 1.807) is 7.11 Å². The molecule has 0 unspecified atom stereocenters. The van der Waals surface area contributed by atoms with Gasteiger partial charge in [0, 0.05) is 37.2 Å². The second kappa shape index (κ2) is 8.66. The van der Waals surface area contributed by atoms with E-state index in [9.17, 15) is 0 Å². The maximum absolute atomic E-state index is 5.64. The molecule has 2 atom stereocenters. The van der Waals surface area contributed by atoms with E-state index in [0.717, 1.165) is 30.2 Å². The molecule has 1 aromatic carbocycles. The van der Waals surface area contributed by atoms with Crippen molar-refractivity contribution in [3.63, 3.8) is 0 Å². The summed E-state index contributed by atoms with van der Waals surface area (Å²) in [4.78, 5) is 2.69. The van der Waals surface area contributed by atoms with Crippen molar-refractivity contribution >= 4 is 0 Å². The fourth-order valence-electron chi connectivity index (χ4n) is 4.93. The van der Waals surface area contributed by atoms with Crippen LogP contribution in [0, 0.1) is 13.8 Å². The zero-order chi connectivity index (χ0) is 19.5. The van der Waals surface area contributed by atoms with Gasteiger partial charge < -0.3 is 14.6 Å². The summed E-state index contributed by atoms with van der Waals surface area (Å²) in [5.41, 5.74) is 4.71. The van der Waals surface area contributed by atoms with E-state index in [-0.39, 0.29) is 0 Å². The van der Waals surface area contributed by atoms with Gasteiger partial charge in [-0.25, -0.2) is 0 Å². The molecule has 0 saturated carbocycles. The highest BCUT2D eigenvalue weighted by atomic mass is 16.5. The normalized spacial score (nSPS) is 23.2. The highest BCUT2D eigenvalue weighted by molar-refractivity contribution is 5.42. The van der Waals surface area contributed by atoms with E-state index >= 15 is 0 Å². The van der Waals surface area contributed by atoms with E-state index in [4.69, 9.17) is 9.26 Å². The molecule has 0 bridgehead atoms. The second-order valence-corrected chi connectivity index (χ2v) is 8.36. The number of ether oxygens (including phenoxy) is 1. The van der Waals surface area contributed by atoms with Crippen LogP contribution >= 0.6 is 0 Å². The van der Waals surface area contributed by atoms with Gasteiger partial charge in [0.1, 0.15) is 11.5 Å². The van der Waals surface area contributed by atoms with Crippen LogP contribution in [-0.2, 0) is 13.0 Å². The Bertz CT molecular complexity index is 782. The lowest BCUT2D eigenvalue weighted by molar-refractivity contribution is 0.204. The predicted octanol–water partition coefficient (Wildman–Crippen LogP) is 4.00. The van der Waals surface area contributed by atoms with E-state index < -0.39 is 0 Å². The zero-order valence-electron chi connectivity index (χ0n) is 17.5. The van der Waals surface area contributed by atoms with Crippen molar-refractivity contribution in [3.05, 3.63) is 46.3 Å². The number of rotatable bonds is 5. The largest absolute Gasteiger partial charge is 0.496 e. The Morgan fingerprint density at radius 2 is 2.11 bits per heavy atom. The second-order valence-electron chi connectivity index (χ2n) is 8.36. The molecule has 0 amide bonds. The summed E-state index contributed by atoms with van der Waals surface area (Å²) in [5.74, 6) is 1.84. The number of hydrogen-bond acceptors (Lipinski definition) is 5. The first-order valence-corrected chi connectivity index (χ1v) is 10.7. The number of likely N-dealkylation sites (tertiary alicyclic amines) is 1. The minimum atomic E-state index is 0.667. The van der Waals surface area contributed by atoms with Gasteiger partial charge in [0.05, 0.1) is 12.8 Å². The molecule has 5 nitrogen and oxygen atoms in total. The van der Waals surface area contributed by atoms with Gasteiger partial charge in [-0.05, 0) is 56.8 Å². The fraction of sp³-hybridized carbons (Fsp3) is 0.609. The van der Waals surface area contributed by atoms with Crippen molar-refractivity contribution in [1.29, 1.82) is 0 Å². The molecule has 3 heterocycles. The Kier molecular flexibility index (Phi) is 6.02. The molecule has 2 fully saturated rings. The average molecular weight is 384 g/mol. The minimum absolute atomic E-state index is 0.667. The van der Waals surface area contributed by atoms with Crippen LogP contribution in [0.5, 0.6) is 5.75 Å². The third-order valence-corrected chi connectivity index (χ3v) is 6.52. The van der Waals surface area contributed by atoms with Gasteiger partial charge in [-0.3, -0.25) is 4.90 Å². The van der Waals surface area contributed by atoms with Gasteiger partial charge >= 0.3 is 0 Å². The summed E-state index contributed by atoms with van der Waals surface area (Å²) in [5, 5.41) is 7.90. The van der Waals surface area contributed by atoms with Crippen molar-refractivity contribution < 1.29 is 9.26 Å². The van der Waals surface area contributed by atoms with Crippen LogP contribution < -0.4 is 10.1 Å². The van der Waals surface area contributed by atoms with Gasteiger partial charge in [-0.2, -0.15) is 0 Å². The summed E-state index contributed by atoms with van der Waals surface area (Å²) in [6.45, 7) is 7.37. The first-order chi connectivity index (χ1) is 13.7. The number of fused-ring (bicyclic) bond motifs is 1. The maximum Gasteiger partial charge on any atom is 0.137 e. The summed E-state index contributed by atoms with van der Waals surface area (Å²) in [6, 6.07) is 7.99. The summed E-state index contributed by atoms with van der Waals surface area (Å²) < 4.78 is 11.0. The van der Waals surface area contributed by atoms with E-state index in [1.165, 1.54) is 61.9 Å². The van der Waals surface area contributed by atoms with Crippen LogP contribution in [0.2, 0.25) is 0 Å². The van der Waals surface area contributed by atoms with E-state index in [1.807, 2.05) is 13.8 Å². The highest BCUT2D eigenvalue weighted by Gasteiger charge is 2.33. The number of methoxy groups -OCH3 is 1. The minimum Gasteiger partial charge on any atom is -0.496 e. The molecule has 2 aliphatic heterocycles. The van der Waals surface area contributed by atoms with Crippen LogP contribution in [0.1, 0.15) is 60.2 Å². The number of aromatic nitrogens is 1. The summed E-state index contributed by atoms with van der Waals surface area (Å²) >= 11 is 0. The molecule has 152 valence electrons. The fourth-order valence-corrected chi connectivity index (χ4v) is 4.93. The average Bonchev–Trinajstić information content (AvgIpc) is 3.19. The predicted molar refractivity (Wildman–Crippen MR) is 111 cm³/mol. The monoisotopic (exact) mass is 383 g/mol. The number of nitrogens with one attached hydrogen (secondary N) is 1. The Balaban J connectivity index is 1.52. The van der Waals surface area contributed by atoms with Crippen molar-refractivity contribution in [2.24, 2.45) is 0 Å². The lowest BCUT2D eigenvalue weighted by Crippen LogP contribution is -2.43. The molecule has 2 aliphatic rings. The maximum atomic E-state index is 5.64. The Labute approximate surface area is 168 Å². The molecule has 28 heavy (non-hydrogen) atoms. The lowest BCUT2D eigenvalue weighted by atomic mass is 9.98. The molecule has 4 rings (SSSR count). The number of benzene rings is 1. The number of nitrogens with zero attached hydrogens (tertiary/aromatic N) is 2.